The van der Waals surface area contributed by atoms with Gasteiger partial charge in [0.25, 0.3) is 5.91 Å². The van der Waals surface area contributed by atoms with Crippen LogP contribution in [0.1, 0.15) is 58.2 Å². The Bertz CT molecular complexity index is 1490. The van der Waals surface area contributed by atoms with Crippen LogP contribution < -0.4 is 15.4 Å². The Kier molecular flexibility index (Phi) is 8.71. The van der Waals surface area contributed by atoms with Gasteiger partial charge in [0.2, 0.25) is 0 Å². The van der Waals surface area contributed by atoms with Crippen LogP contribution in [0.2, 0.25) is 0 Å². The third-order valence-electron chi connectivity index (χ3n) is 9.53. The number of aliphatic hydroxyl groups excluding tert-OH is 1. The van der Waals surface area contributed by atoms with E-state index in [2.05, 4.69) is 90.9 Å². The van der Waals surface area contributed by atoms with Crippen LogP contribution in [-0.2, 0) is 29.7 Å². The van der Waals surface area contributed by atoms with E-state index in [4.69, 9.17) is 4.74 Å². The van der Waals surface area contributed by atoms with Crippen molar-refractivity contribution < 1.29 is 14.6 Å². The molecule has 0 aromatic heterocycles. The lowest BCUT2D eigenvalue weighted by atomic mass is 9.78. The van der Waals surface area contributed by atoms with E-state index in [1.165, 1.54) is 27.8 Å². The number of nitrogens with one attached hydrogen (secondary N) is 2. The van der Waals surface area contributed by atoms with Crippen molar-refractivity contribution >= 4 is 5.91 Å². The van der Waals surface area contributed by atoms with Gasteiger partial charge >= 0.3 is 0 Å². The zero-order chi connectivity index (χ0) is 30.0. The molecule has 2 unspecified atom stereocenters. The van der Waals surface area contributed by atoms with Gasteiger partial charge in [0.15, 0.2) is 0 Å². The molecular weight excluding hydrogens is 534 g/mol. The van der Waals surface area contributed by atoms with Crippen LogP contribution in [0.5, 0.6) is 5.75 Å². The first-order chi connectivity index (χ1) is 20.9. The highest BCUT2D eigenvalue weighted by atomic mass is 16.5. The van der Waals surface area contributed by atoms with Crippen molar-refractivity contribution in [1.29, 1.82) is 0 Å². The molecule has 1 saturated heterocycles. The Morgan fingerprint density at radius 3 is 2.53 bits per heavy atom. The molecule has 0 radical (unpaired) electrons. The summed E-state index contributed by atoms with van der Waals surface area (Å²) in [4.78, 5) is 16.1. The molecule has 2 heterocycles. The van der Waals surface area contributed by atoms with Gasteiger partial charge in [-0.1, -0.05) is 60.7 Å². The van der Waals surface area contributed by atoms with Crippen molar-refractivity contribution in [1.82, 2.24) is 15.5 Å². The quantitative estimate of drug-likeness (QED) is 0.297. The maximum atomic E-state index is 14.0. The van der Waals surface area contributed by atoms with E-state index in [1.54, 1.807) is 0 Å². The minimum Gasteiger partial charge on any atom is -0.493 e. The number of piperazine rings is 1. The molecule has 6 nitrogen and oxygen atoms in total. The Morgan fingerprint density at radius 1 is 1.02 bits per heavy atom. The predicted octanol–water partition coefficient (Wildman–Crippen LogP) is 5.05. The van der Waals surface area contributed by atoms with Crippen molar-refractivity contribution in [3.63, 3.8) is 0 Å². The first kappa shape index (κ1) is 29.6. The zero-order valence-corrected chi connectivity index (χ0v) is 25.8. The lowest BCUT2D eigenvalue weighted by Crippen LogP contribution is -2.65. The largest absolute Gasteiger partial charge is 0.493 e. The molecule has 6 rings (SSSR count). The zero-order valence-electron chi connectivity index (χ0n) is 25.8. The van der Waals surface area contributed by atoms with Gasteiger partial charge in [-0.2, -0.15) is 0 Å². The van der Waals surface area contributed by atoms with E-state index in [0.717, 1.165) is 61.2 Å². The van der Waals surface area contributed by atoms with E-state index >= 15 is 0 Å². The number of hydrogen-bond acceptors (Lipinski definition) is 5. The molecule has 0 spiro atoms. The van der Waals surface area contributed by atoms with E-state index in [9.17, 15) is 9.90 Å². The molecule has 3 N–H and O–H groups in total. The topological polar surface area (TPSA) is 73.8 Å². The third kappa shape index (κ3) is 6.42. The normalized spacial score (nSPS) is 21.3. The predicted molar refractivity (Wildman–Crippen MR) is 171 cm³/mol. The van der Waals surface area contributed by atoms with Crippen molar-refractivity contribution in [2.45, 2.75) is 77.0 Å². The smallest absolute Gasteiger partial charge is 0.251 e. The van der Waals surface area contributed by atoms with Crippen molar-refractivity contribution in [3.8, 4) is 5.75 Å². The molecule has 2 aliphatic heterocycles. The molecule has 43 heavy (non-hydrogen) atoms. The second-order valence-electron chi connectivity index (χ2n) is 12.7. The summed E-state index contributed by atoms with van der Waals surface area (Å²) in [5.41, 5.74) is 9.11. The number of aryl methyl sites for hydroxylation is 2. The Morgan fingerprint density at radius 2 is 1.79 bits per heavy atom. The van der Waals surface area contributed by atoms with E-state index in [-0.39, 0.29) is 24.1 Å². The number of hydrogen-bond donors (Lipinski definition) is 3. The number of nitrogens with zero attached hydrogens (tertiary/aromatic N) is 1. The van der Waals surface area contributed by atoms with Crippen LogP contribution in [0.4, 0.5) is 0 Å². The molecule has 6 heteroatoms. The summed E-state index contributed by atoms with van der Waals surface area (Å²) in [6.45, 7) is 9.29. The van der Waals surface area contributed by atoms with Crippen molar-refractivity contribution in [2.24, 2.45) is 0 Å². The van der Waals surface area contributed by atoms with E-state index < -0.39 is 0 Å². The molecule has 3 aliphatic rings. The molecule has 2 fully saturated rings. The van der Waals surface area contributed by atoms with Gasteiger partial charge in [-0.3, -0.25) is 10.1 Å². The van der Waals surface area contributed by atoms with Gasteiger partial charge in [0, 0.05) is 44.3 Å². The molecule has 226 valence electrons. The number of carbonyl (C=O) groups excluding carboxylic acids is 1. The van der Waals surface area contributed by atoms with Crippen molar-refractivity contribution in [2.75, 3.05) is 26.3 Å². The van der Waals surface area contributed by atoms with Crippen LogP contribution in [0.15, 0.2) is 72.3 Å². The summed E-state index contributed by atoms with van der Waals surface area (Å²) in [7, 11) is 0. The van der Waals surface area contributed by atoms with E-state index in [1.807, 2.05) is 12.1 Å². The molecular formula is C37H45N3O3. The Balaban J connectivity index is 1.13. The van der Waals surface area contributed by atoms with Crippen LogP contribution in [0.3, 0.4) is 0 Å². The summed E-state index contributed by atoms with van der Waals surface area (Å²) < 4.78 is 6.17. The molecule has 1 aliphatic carbocycles. The molecule has 1 amide bonds. The first-order valence-electron chi connectivity index (χ1n) is 15.8. The van der Waals surface area contributed by atoms with Gasteiger partial charge in [0.05, 0.1) is 18.2 Å². The van der Waals surface area contributed by atoms with E-state index in [0.29, 0.717) is 25.6 Å². The van der Waals surface area contributed by atoms with Gasteiger partial charge in [-0.15, -0.1) is 0 Å². The maximum absolute atomic E-state index is 14.0. The summed E-state index contributed by atoms with van der Waals surface area (Å²) >= 11 is 0. The average Bonchev–Trinajstić information content (AvgIpc) is 3.85. The van der Waals surface area contributed by atoms with Gasteiger partial charge in [0.1, 0.15) is 5.75 Å². The summed E-state index contributed by atoms with van der Waals surface area (Å²) in [5.74, 6) is 1.12. The maximum Gasteiger partial charge on any atom is 0.251 e. The molecule has 2 atom stereocenters. The third-order valence-corrected chi connectivity index (χ3v) is 9.53. The number of fused-ring (bicyclic) bond motifs is 2. The minimum atomic E-state index is -0.226. The summed E-state index contributed by atoms with van der Waals surface area (Å²) in [5, 5.41) is 17.1. The highest BCUT2D eigenvalue weighted by molar-refractivity contribution is 5.95. The fourth-order valence-corrected chi connectivity index (χ4v) is 6.75. The molecule has 3 aromatic carbocycles. The van der Waals surface area contributed by atoms with Gasteiger partial charge < -0.3 is 20.1 Å². The highest BCUT2D eigenvalue weighted by Crippen LogP contribution is 2.37. The van der Waals surface area contributed by atoms with Crippen molar-refractivity contribution in [3.05, 3.63) is 111 Å². The molecule has 2 bridgehead atoms. The summed E-state index contributed by atoms with van der Waals surface area (Å²) in [6, 6.07) is 21.7. The molecule has 1 saturated carbocycles. The SMILES string of the molecule is Cc1cc(C)c(C)c(OCCc2ccc(C34CC=C(C(=O)N(Cc5ccccc5CCO)C5CC5)C(CNC3)N4)cc2)c1. The van der Waals surface area contributed by atoms with Gasteiger partial charge in [-0.25, -0.2) is 0 Å². The highest BCUT2D eigenvalue weighted by Gasteiger charge is 2.44. The fraction of sp³-hybridized carbons (Fsp3) is 0.432. The molecule has 3 aromatic rings. The first-order valence-corrected chi connectivity index (χ1v) is 15.8. The number of amides is 1. The fourth-order valence-electron chi connectivity index (χ4n) is 6.75. The monoisotopic (exact) mass is 579 g/mol. The van der Waals surface area contributed by atoms with Crippen LogP contribution >= 0.6 is 0 Å². The number of rotatable bonds is 11. The lowest BCUT2D eigenvalue weighted by molar-refractivity contribution is -0.129. The second kappa shape index (κ2) is 12.7. The standard InChI is InChI=1S/C37H45N3O3/c1-25-20-26(2)27(3)35(21-25)43-19-16-28-8-10-31(11-9-28)37-17-14-33(34(39-37)22-38-24-37)36(42)40(32-12-13-32)23-30-7-5-4-6-29(30)15-18-41/h4-11,14,20-21,32,34,38-39,41H,12-13,15-19,22-24H2,1-3H3. The van der Waals surface area contributed by atoms with Crippen LogP contribution in [-0.4, -0.2) is 54.3 Å². The number of benzene rings is 3. The van der Waals surface area contributed by atoms with Crippen LogP contribution in [0.25, 0.3) is 0 Å². The number of ether oxygens (including phenoxy) is 1. The number of carbonyl (C=O) groups is 1. The lowest BCUT2D eigenvalue weighted by Gasteiger charge is -2.47. The van der Waals surface area contributed by atoms with Crippen LogP contribution in [0, 0.1) is 20.8 Å². The second-order valence-corrected chi connectivity index (χ2v) is 12.7. The van der Waals surface area contributed by atoms with Gasteiger partial charge in [-0.05, 0) is 91.5 Å². The number of aliphatic hydroxyl groups is 1. The Labute approximate surface area is 256 Å². The summed E-state index contributed by atoms with van der Waals surface area (Å²) in [6.07, 6.45) is 6.55. The minimum absolute atomic E-state index is 0.0296. The Hall–Kier alpha value is -3.45. The average molecular weight is 580 g/mol.